The van der Waals surface area contributed by atoms with Crippen molar-refractivity contribution < 1.29 is 0 Å². The normalized spacial score (nSPS) is 14.8. The highest BCUT2D eigenvalue weighted by Gasteiger charge is 2.27. The first-order valence-electron chi connectivity index (χ1n) is 8.29. The summed E-state index contributed by atoms with van der Waals surface area (Å²) < 4.78 is 0. The van der Waals surface area contributed by atoms with Gasteiger partial charge in [0.1, 0.15) is 11.0 Å². The first-order chi connectivity index (χ1) is 10.6. The van der Waals surface area contributed by atoms with Crippen LogP contribution in [0.3, 0.4) is 0 Å². The molecule has 0 amide bonds. The number of fused-ring (bicyclic) bond motifs is 1. The fourth-order valence-electron chi connectivity index (χ4n) is 2.83. The van der Waals surface area contributed by atoms with Crippen molar-refractivity contribution in [2.75, 3.05) is 18.0 Å². The first kappa shape index (κ1) is 17.0. The van der Waals surface area contributed by atoms with E-state index in [-0.39, 0.29) is 0 Å². The van der Waals surface area contributed by atoms with Crippen molar-refractivity contribution in [2.45, 2.75) is 47.0 Å². The van der Waals surface area contributed by atoms with Gasteiger partial charge >= 0.3 is 0 Å². The Balaban J connectivity index is 0.000000847. The number of hydrogen-bond acceptors (Lipinski definition) is 3. The predicted octanol–water partition coefficient (Wildman–Crippen LogP) is 5.28. The second-order valence-electron chi connectivity index (χ2n) is 5.92. The lowest BCUT2D eigenvalue weighted by molar-refractivity contribution is 0.397. The van der Waals surface area contributed by atoms with Gasteiger partial charge < -0.3 is 4.90 Å². The zero-order valence-corrected chi connectivity index (χ0v) is 15.0. The third kappa shape index (κ3) is 3.19. The minimum atomic E-state index is 0.428. The van der Waals surface area contributed by atoms with Crippen LogP contribution in [0.2, 0.25) is 5.15 Å². The number of halogens is 1. The van der Waals surface area contributed by atoms with Gasteiger partial charge in [0.2, 0.25) is 0 Å². The van der Waals surface area contributed by atoms with Gasteiger partial charge in [-0.15, -0.1) is 0 Å². The van der Waals surface area contributed by atoms with Gasteiger partial charge in [-0.25, -0.2) is 9.97 Å². The minimum absolute atomic E-state index is 0.428. The van der Waals surface area contributed by atoms with Crippen LogP contribution in [0, 0.1) is 5.92 Å². The van der Waals surface area contributed by atoms with Crippen LogP contribution in [0.1, 0.15) is 52.5 Å². The van der Waals surface area contributed by atoms with Crippen molar-refractivity contribution in [1.82, 2.24) is 9.97 Å². The summed E-state index contributed by atoms with van der Waals surface area (Å²) in [6.07, 6.45) is 5.10. The monoisotopic (exact) mass is 319 g/mol. The van der Waals surface area contributed by atoms with Crippen LogP contribution in [-0.2, 0) is 0 Å². The summed E-state index contributed by atoms with van der Waals surface area (Å²) in [5.41, 5.74) is 1.24. The smallest absolute Gasteiger partial charge is 0.138 e. The number of rotatable bonds is 3. The summed E-state index contributed by atoms with van der Waals surface area (Å²) in [5, 5.41) is 2.85. The molecule has 3 rings (SSSR count). The molecular formula is C18H26ClN3. The average molecular weight is 320 g/mol. The predicted molar refractivity (Wildman–Crippen MR) is 96.0 cm³/mol. The van der Waals surface area contributed by atoms with Crippen molar-refractivity contribution in [3.63, 3.8) is 0 Å². The van der Waals surface area contributed by atoms with Crippen molar-refractivity contribution >= 4 is 28.2 Å². The van der Waals surface area contributed by atoms with Crippen LogP contribution in [0.5, 0.6) is 0 Å². The third-order valence-corrected chi connectivity index (χ3v) is 4.41. The standard InChI is InChI=1S/C16H20ClN3.C2H6/c1-4-11-8-20(9-11)16-14-7-18-15(17)5-12(14)13(6-19-16)10(2)3;1-2/h5-7,10-11H,4,8-9H2,1-3H3;1-2H3. The Bertz CT molecular complexity index is 634. The van der Waals surface area contributed by atoms with E-state index in [1.54, 1.807) is 0 Å². The topological polar surface area (TPSA) is 29.0 Å². The maximum atomic E-state index is 6.08. The maximum absolute atomic E-state index is 6.08. The molecule has 120 valence electrons. The van der Waals surface area contributed by atoms with Crippen LogP contribution in [0.15, 0.2) is 18.5 Å². The lowest BCUT2D eigenvalue weighted by Crippen LogP contribution is -2.46. The summed E-state index contributed by atoms with van der Waals surface area (Å²) in [5.74, 6) is 2.28. The highest BCUT2D eigenvalue weighted by molar-refractivity contribution is 6.30. The van der Waals surface area contributed by atoms with E-state index >= 15 is 0 Å². The molecule has 1 saturated heterocycles. The Morgan fingerprint density at radius 2 is 1.86 bits per heavy atom. The van der Waals surface area contributed by atoms with Gasteiger partial charge in [0, 0.05) is 30.9 Å². The van der Waals surface area contributed by atoms with E-state index in [0.717, 1.165) is 30.2 Å². The molecule has 3 heterocycles. The van der Waals surface area contributed by atoms with E-state index in [2.05, 4.69) is 30.7 Å². The fraction of sp³-hybridized carbons (Fsp3) is 0.556. The summed E-state index contributed by atoms with van der Waals surface area (Å²) in [6.45, 7) is 12.8. The van der Waals surface area contributed by atoms with Crippen LogP contribution < -0.4 is 4.90 Å². The molecule has 0 bridgehead atoms. The number of nitrogens with zero attached hydrogens (tertiary/aromatic N) is 3. The van der Waals surface area contributed by atoms with E-state index in [1.165, 1.54) is 17.4 Å². The molecule has 3 nitrogen and oxygen atoms in total. The molecule has 0 aromatic carbocycles. The van der Waals surface area contributed by atoms with Gasteiger partial charge in [-0.2, -0.15) is 0 Å². The molecule has 2 aromatic rings. The molecule has 1 aliphatic heterocycles. The lowest BCUT2D eigenvalue weighted by Gasteiger charge is -2.40. The van der Waals surface area contributed by atoms with Gasteiger partial charge in [0.05, 0.1) is 0 Å². The van der Waals surface area contributed by atoms with Crippen molar-refractivity contribution in [2.24, 2.45) is 5.92 Å². The SMILES string of the molecule is CC.CCC1CN(c2ncc(C(C)C)c3cc(Cl)ncc23)C1. The van der Waals surface area contributed by atoms with Crippen molar-refractivity contribution in [3.8, 4) is 0 Å². The molecule has 0 saturated carbocycles. The summed E-state index contributed by atoms with van der Waals surface area (Å²) in [6, 6.07) is 1.97. The molecule has 0 aliphatic carbocycles. The summed E-state index contributed by atoms with van der Waals surface area (Å²) in [4.78, 5) is 11.3. The lowest BCUT2D eigenvalue weighted by atomic mass is 9.95. The van der Waals surface area contributed by atoms with Crippen molar-refractivity contribution in [3.05, 3.63) is 29.2 Å². The Labute approximate surface area is 138 Å². The quantitative estimate of drug-likeness (QED) is 0.721. The number of hydrogen-bond donors (Lipinski definition) is 0. The highest BCUT2D eigenvalue weighted by atomic mass is 35.5. The van der Waals surface area contributed by atoms with Gasteiger partial charge in [-0.3, -0.25) is 0 Å². The maximum Gasteiger partial charge on any atom is 0.138 e. The third-order valence-electron chi connectivity index (χ3n) is 4.20. The molecule has 22 heavy (non-hydrogen) atoms. The van der Waals surface area contributed by atoms with E-state index in [1.807, 2.05) is 32.3 Å². The fourth-order valence-corrected chi connectivity index (χ4v) is 2.99. The largest absolute Gasteiger partial charge is 0.355 e. The second-order valence-corrected chi connectivity index (χ2v) is 6.31. The molecule has 0 N–H and O–H groups in total. The highest BCUT2D eigenvalue weighted by Crippen LogP contribution is 2.34. The molecule has 1 fully saturated rings. The number of anilines is 1. The Kier molecular flexibility index (Phi) is 5.63. The Morgan fingerprint density at radius 3 is 2.45 bits per heavy atom. The zero-order valence-electron chi connectivity index (χ0n) is 14.2. The molecule has 0 radical (unpaired) electrons. The first-order valence-corrected chi connectivity index (χ1v) is 8.67. The molecule has 0 spiro atoms. The van der Waals surface area contributed by atoms with Gasteiger partial charge in [0.25, 0.3) is 0 Å². The second kappa shape index (κ2) is 7.28. The van der Waals surface area contributed by atoms with E-state index in [4.69, 9.17) is 16.6 Å². The van der Waals surface area contributed by atoms with Crippen LogP contribution in [0.25, 0.3) is 10.8 Å². The van der Waals surface area contributed by atoms with Crippen LogP contribution >= 0.6 is 11.6 Å². The molecule has 4 heteroatoms. The van der Waals surface area contributed by atoms with E-state index in [9.17, 15) is 0 Å². The summed E-state index contributed by atoms with van der Waals surface area (Å²) >= 11 is 6.08. The number of aromatic nitrogens is 2. The van der Waals surface area contributed by atoms with Crippen LogP contribution in [0.4, 0.5) is 5.82 Å². The van der Waals surface area contributed by atoms with Crippen LogP contribution in [-0.4, -0.2) is 23.1 Å². The Hall–Kier alpha value is -1.35. The van der Waals surface area contributed by atoms with E-state index in [0.29, 0.717) is 11.1 Å². The van der Waals surface area contributed by atoms with E-state index < -0.39 is 0 Å². The molecule has 0 atom stereocenters. The average Bonchev–Trinajstić information content (AvgIpc) is 2.47. The zero-order chi connectivity index (χ0) is 16.3. The van der Waals surface area contributed by atoms with Crippen molar-refractivity contribution in [1.29, 1.82) is 0 Å². The minimum Gasteiger partial charge on any atom is -0.355 e. The van der Waals surface area contributed by atoms with Gasteiger partial charge in [-0.05, 0) is 35.3 Å². The molecule has 2 aromatic heterocycles. The number of pyridine rings is 2. The van der Waals surface area contributed by atoms with Gasteiger partial charge in [0.15, 0.2) is 0 Å². The molecule has 1 aliphatic rings. The molecule has 0 unspecified atom stereocenters. The molecular weight excluding hydrogens is 294 g/mol. The Morgan fingerprint density at radius 1 is 1.18 bits per heavy atom. The van der Waals surface area contributed by atoms with Gasteiger partial charge in [-0.1, -0.05) is 46.2 Å². The summed E-state index contributed by atoms with van der Waals surface area (Å²) in [7, 11) is 0.